The molecule has 0 aliphatic carbocycles. The molecule has 1 rings (SSSR count). The molecule has 0 fully saturated rings. The fraction of sp³-hybridized carbons (Fsp3) is 0.375. The van der Waals surface area contributed by atoms with E-state index in [0.29, 0.717) is 24.1 Å². The van der Waals surface area contributed by atoms with Gasteiger partial charge in [0.1, 0.15) is 0 Å². The number of carbonyl (C=O) groups excluding carboxylic acids is 2. The van der Waals surface area contributed by atoms with Crippen molar-refractivity contribution in [3.05, 3.63) is 35.4 Å². The summed E-state index contributed by atoms with van der Waals surface area (Å²) in [6, 6.07) is 6.92. The van der Waals surface area contributed by atoms with E-state index >= 15 is 0 Å². The number of hydrogen-bond donors (Lipinski definition) is 2. The summed E-state index contributed by atoms with van der Waals surface area (Å²) in [5, 5.41) is 11.3. The topological polar surface area (TPSA) is 69.6 Å². The zero-order chi connectivity index (χ0) is 15.7. The molecule has 0 aliphatic rings. The molecule has 0 unspecified atom stereocenters. The van der Waals surface area contributed by atoms with Crippen LogP contribution in [-0.2, 0) is 4.79 Å². The Kier molecular flexibility index (Phi) is 6.99. The first kappa shape index (κ1) is 16.7. The molecule has 0 aromatic heterocycles. The zero-order valence-corrected chi connectivity index (χ0v) is 12.3. The van der Waals surface area contributed by atoms with Gasteiger partial charge >= 0.3 is 0 Å². The molecule has 1 aromatic rings. The van der Waals surface area contributed by atoms with Crippen LogP contribution < -0.4 is 5.32 Å². The van der Waals surface area contributed by atoms with Crippen molar-refractivity contribution < 1.29 is 14.7 Å². The van der Waals surface area contributed by atoms with Gasteiger partial charge in [-0.2, -0.15) is 0 Å². The zero-order valence-electron chi connectivity index (χ0n) is 12.3. The van der Waals surface area contributed by atoms with Crippen LogP contribution in [0.1, 0.15) is 29.3 Å². The average molecular weight is 288 g/mol. The van der Waals surface area contributed by atoms with Gasteiger partial charge in [-0.15, -0.1) is 0 Å². The summed E-state index contributed by atoms with van der Waals surface area (Å²) < 4.78 is 0. The Bertz CT molecular complexity index is 558. The molecular formula is C16H20N2O3. The number of rotatable bonds is 5. The first-order chi connectivity index (χ1) is 10.1. The van der Waals surface area contributed by atoms with Crippen LogP contribution in [0.25, 0.3) is 0 Å². The molecule has 5 nitrogen and oxygen atoms in total. The van der Waals surface area contributed by atoms with Gasteiger partial charge in [-0.05, 0) is 19.1 Å². The lowest BCUT2D eigenvalue weighted by atomic mass is 10.1. The minimum Gasteiger partial charge on any atom is -0.395 e. The van der Waals surface area contributed by atoms with Crippen LogP contribution in [-0.4, -0.2) is 48.6 Å². The van der Waals surface area contributed by atoms with Crippen LogP contribution in [0.15, 0.2) is 24.3 Å². The lowest BCUT2D eigenvalue weighted by molar-refractivity contribution is -0.128. The maximum atomic E-state index is 12.1. The number of likely N-dealkylation sites (N-methyl/N-ethyl adjacent to an activating group) is 1. The van der Waals surface area contributed by atoms with Crippen molar-refractivity contribution in [1.82, 2.24) is 10.2 Å². The SMILES string of the molecule is CCN(C)C(=O)CNC(=O)c1ccccc1C#CCCO. The lowest BCUT2D eigenvalue weighted by Gasteiger charge is -2.14. The molecule has 0 heterocycles. The summed E-state index contributed by atoms with van der Waals surface area (Å²) in [7, 11) is 1.68. The van der Waals surface area contributed by atoms with Gasteiger partial charge in [-0.3, -0.25) is 9.59 Å². The largest absolute Gasteiger partial charge is 0.395 e. The van der Waals surface area contributed by atoms with E-state index in [1.807, 2.05) is 6.92 Å². The molecule has 0 aliphatic heterocycles. The Morgan fingerprint density at radius 3 is 2.71 bits per heavy atom. The van der Waals surface area contributed by atoms with Crippen LogP contribution in [0.3, 0.4) is 0 Å². The molecule has 2 N–H and O–H groups in total. The number of aliphatic hydroxyl groups excluding tert-OH is 1. The van der Waals surface area contributed by atoms with Gasteiger partial charge in [0.2, 0.25) is 5.91 Å². The average Bonchev–Trinajstić information content (AvgIpc) is 2.52. The van der Waals surface area contributed by atoms with Crippen molar-refractivity contribution in [3.8, 4) is 11.8 Å². The second kappa shape index (κ2) is 8.77. The minimum atomic E-state index is -0.332. The molecule has 0 radical (unpaired) electrons. The standard InChI is InChI=1S/C16H20N2O3/c1-3-18(2)15(20)12-17-16(21)14-10-5-4-8-13(14)9-6-7-11-19/h4-5,8,10,19H,3,7,11-12H2,1-2H3,(H,17,21). The van der Waals surface area contributed by atoms with Crippen molar-refractivity contribution in [3.63, 3.8) is 0 Å². The Labute approximate surface area is 125 Å². The molecule has 112 valence electrons. The summed E-state index contributed by atoms with van der Waals surface area (Å²) in [5.74, 6) is 5.16. The quantitative estimate of drug-likeness (QED) is 0.781. The first-order valence-corrected chi connectivity index (χ1v) is 6.81. The highest BCUT2D eigenvalue weighted by Crippen LogP contribution is 2.07. The lowest BCUT2D eigenvalue weighted by Crippen LogP contribution is -2.38. The monoisotopic (exact) mass is 288 g/mol. The Balaban J connectivity index is 2.75. The van der Waals surface area contributed by atoms with Gasteiger partial charge in [-0.1, -0.05) is 24.0 Å². The highest BCUT2D eigenvalue weighted by Gasteiger charge is 2.12. The molecule has 0 spiro atoms. The first-order valence-electron chi connectivity index (χ1n) is 6.81. The molecule has 21 heavy (non-hydrogen) atoms. The van der Waals surface area contributed by atoms with E-state index in [4.69, 9.17) is 5.11 Å². The summed E-state index contributed by atoms with van der Waals surface area (Å²) in [6.45, 7) is 2.41. The summed E-state index contributed by atoms with van der Waals surface area (Å²) in [6.07, 6.45) is 0.357. The van der Waals surface area contributed by atoms with E-state index < -0.39 is 0 Å². The number of nitrogens with zero attached hydrogens (tertiary/aromatic N) is 1. The van der Waals surface area contributed by atoms with Gasteiger partial charge in [0.15, 0.2) is 0 Å². The van der Waals surface area contributed by atoms with Crippen molar-refractivity contribution in [2.75, 3.05) is 26.7 Å². The predicted octanol–water partition coefficient (Wildman–Crippen LogP) is 0.629. The van der Waals surface area contributed by atoms with Crippen LogP contribution in [0.4, 0.5) is 0 Å². The Morgan fingerprint density at radius 1 is 1.33 bits per heavy atom. The molecular weight excluding hydrogens is 268 g/mol. The molecule has 1 aromatic carbocycles. The number of benzene rings is 1. The normalized spacial score (nSPS) is 9.48. The fourth-order valence-electron chi connectivity index (χ4n) is 1.57. The summed E-state index contributed by atoms with van der Waals surface area (Å²) in [5.41, 5.74) is 1.01. The van der Waals surface area contributed by atoms with E-state index in [9.17, 15) is 9.59 Å². The summed E-state index contributed by atoms with van der Waals surface area (Å²) >= 11 is 0. The number of hydrogen-bond acceptors (Lipinski definition) is 3. The van der Waals surface area contributed by atoms with Crippen LogP contribution in [0.2, 0.25) is 0 Å². The number of amides is 2. The van der Waals surface area contributed by atoms with E-state index in [1.54, 1.807) is 31.3 Å². The van der Waals surface area contributed by atoms with Gasteiger partial charge in [0, 0.05) is 25.6 Å². The number of carbonyl (C=O) groups is 2. The van der Waals surface area contributed by atoms with Gasteiger partial charge in [-0.25, -0.2) is 0 Å². The second-order valence-corrected chi connectivity index (χ2v) is 4.41. The third-order valence-electron chi connectivity index (χ3n) is 2.93. The van der Waals surface area contributed by atoms with Gasteiger partial charge < -0.3 is 15.3 Å². The molecule has 0 saturated carbocycles. The third kappa shape index (κ3) is 5.28. The van der Waals surface area contributed by atoms with Crippen molar-refractivity contribution >= 4 is 11.8 Å². The number of nitrogens with one attached hydrogen (secondary N) is 1. The van der Waals surface area contributed by atoms with Crippen molar-refractivity contribution in [1.29, 1.82) is 0 Å². The Morgan fingerprint density at radius 2 is 2.05 bits per heavy atom. The molecule has 2 amide bonds. The third-order valence-corrected chi connectivity index (χ3v) is 2.93. The van der Waals surface area contributed by atoms with Crippen LogP contribution in [0, 0.1) is 11.8 Å². The highest BCUT2D eigenvalue weighted by molar-refractivity contribution is 5.98. The fourth-order valence-corrected chi connectivity index (χ4v) is 1.57. The van der Waals surface area contributed by atoms with Gasteiger partial charge in [0.25, 0.3) is 5.91 Å². The maximum absolute atomic E-state index is 12.1. The van der Waals surface area contributed by atoms with E-state index in [2.05, 4.69) is 17.2 Å². The highest BCUT2D eigenvalue weighted by atomic mass is 16.2. The molecule has 5 heteroatoms. The predicted molar refractivity (Wildman–Crippen MR) is 80.7 cm³/mol. The molecule has 0 bridgehead atoms. The van der Waals surface area contributed by atoms with E-state index in [0.717, 1.165) is 0 Å². The maximum Gasteiger partial charge on any atom is 0.252 e. The van der Waals surface area contributed by atoms with Crippen molar-refractivity contribution in [2.45, 2.75) is 13.3 Å². The van der Waals surface area contributed by atoms with E-state index in [1.165, 1.54) is 4.90 Å². The van der Waals surface area contributed by atoms with Crippen LogP contribution >= 0.6 is 0 Å². The molecule has 0 saturated heterocycles. The van der Waals surface area contributed by atoms with E-state index in [-0.39, 0.29) is 25.0 Å². The minimum absolute atomic E-state index is 0.0147. The molecule has 0 atom stereocenters. The second-order valence-electron chi connectivity index (χ2n) is 4.41. The number of aliphatic hydroxyl groups is 1. The van der Waals surface area contributed by atoms with Gasteiger partial charge in [0.05, 0.1) is 18.7 Å². The van der Waals surface area contributed by atoms with Crippen molar-refractivity contribution in [2.24, 2.45) is 0 Å². The van der Waals surface area contributed by atoms with Crippen LogP contribution in [0.5, 0.6) is 0 Å². The summed E-state index contributed by atoms with van der Waals surface area (Å²) in [4.78, 5) is 25.3. The Hall–Kier alpha value is -2.32. The smallest absolute Gasteiger partial charge is 0.252 e.